The average molecular weight is 368 g/mol. The molecular formula is C21H16N6O. The summed E-state index contributed by atoms with van der Waals surface area (Å²) < 4.78 is 0. The fraction of sp³-hybridized carbons (Fsp3) is 0.0952. The highest BCUT2D eigenvalue weighted by Gasteiger charge is 2.21. The van der Waals surface area contributed by atoms with Crippen molar-refractivity contribution < 1.29 is 4.79 Å². The molecule has 3 aromatic heterocycles. The Morgan fingerprint density at radius 1 is 1.00 bits per heavy atom. The number of aryl methyl sites for hydroxylation is 1. The molecule has 7 nitrogen and oxygen atoms in total. The summed E-state index contributed by atoms with van der Waals surface area (Å²) in [6.45, 7) is 3.48. The average Bonchev–Trinajstić information content (AvgIpc) is 3.09. The van der Waals surface area contributed by atoms with E-state index >= 15 is 0 Å². The van der Waals surface area contributed by atoms with E-state index in [4.69, 9.17) is 4.98 Å². The number of nitrogens with zero attached hydrogens (tertiary/aromatic N) is 4. The molecule has 136 valence electrons. The third-order valence-corrected chi connectivity index (χ3v) is 4.74. The molecule has 7 heteroatoms. The number of aromatic amines is 1. The van der Waals surface area contributed by atoms with E-state index in [1.807, 2.05) is 55.5 Å². The van der Waals surface area contributed by atoms with E-state index < -0.39 is 0 Å². The van der Waals surface area contributed by atoms with Crippen molar-refractivity contribution >= 4 is 44.7 Å². The van der Waals surface area contributed by atoms with Crippen molar-refractivity contribution in [1.29, 1.82) is 0 Å². The maximum Gasteiger partial charge on any atom is 0.222 e. The second-order valence-electron chi connectivity index (χ2n) is 6.75. The zero-order chi connectivity index (χ0) is 19.3. The van der Waals surface area contributed by atoms with E-state index in [9.17, 15) is 4.79 Å². The first-order valence-corrected chi connectivity index (χ1v) is 8.89. The molecule has 1 amide bonds. The molecule has 0 aliphatic rings. The molecule has 0 aliphatic heterocycles. The summed E-state index contributed by atoms with van der Waals surface area (Å²) in [4.78, 5) is 16.4. The normalized spacial score (nSPS) is 11.4. The molecule has 0 spiro atoms. The van der Waals surface area contributed by atoms with Crippen molar-refractivity contribution in [3.8, 4) is 11.1 Å². The molecule has 2 N–H and O–H groups in total. The first-order chi connectivity index (χ1) is 13.6. The van der Waals surface area contributed by atoms with Gasteiger partial charge in [-0.3, -0.25) is 9.89 Å². The van der Waals surface area contributed by atoms with Crippen LogP contribution in [0.25, 0.3) is 44.1 Å². The fourth-order valence-electron chi connectivity index (χ4n) is 3.46. The van der Waals surface area contributed by atoms with E-state index in [2.05, 4.69) is 25.7 Å². The zero-order valence-corrected chi connectivity index (χ0v) is 15.3. The third kappa shape index (κ3) is 2.48. The molecule has 5 rings (SSSR count). The van der Waals surface area contributed by atoms with E-state index in [0.717, 1.165) is 33.1 Å². The third-order valence-electron chi connectivity index (χ3n) is 4.74. The van der Waals surface area contributed by atoms with E-state index in [0.29, 0.717) is 22.4 Å². The van der Waals surface area contributed by atoms with Crippen LogP contribution in [0.1, 0.15) is 12.5 Å². The Bertz CT molecular complexity index is 1370. The number of para-hydroxylation sites is 1. The number of benzene rings is 2. The van der Waals surface area contributed by atoms with E-state index in [1.54, 1.807) is 0 Å². The van der Waals surface area contributed by atoms with E-state index in [-0.39, 0.29) is 5.91 Å². The van der Waals surface area contributed by atoms with Crippen molar-refractivity contribution in [2.24, 2.45) is 0 Å². The minimum atomic E-state index is -0.213. The van der Waals surface area contributed by atoms with Gasteiger partial charge in [-0.1, -0.05) is 48.0 Å². The van der Waals surface area contributed by atoms with Gasteiger partial charge in [-0.2, -0.15) is 5.10 Å². The monoisotopic (exact) mass is 368 g/mol. The Morgan fingerprint density at radius 3 is 2.57 bits per heavy atom. The molecule has 0 aliphatic carbocycles. The topological polar surface area (TPSA) is 96.5 Å². The largest absolute Gasteiger partial charge is 0.309 e. The van der Waals surface area contributed by atoms with Crippen molar-refractivity contribution in [1.82, 2.24) is 25.4 Å². The SMILES string of the molecule is CC(=O)Nc1nnc2nc3c(n[nH]c4ccccc43)c(-c3ccc(C)cc3)c12. The van der Waals surface area contributed by atoms with Gasteiger partial charge < -0.3 is 5.32 Å². The molecule has 0 radical (unpaired) electrons. The Balaban J connectivity index is 1.97. The lowest BCUT2D eigenvalue weighted by atomic mass is 9.99. The van der Waals surface area contributed by atoms with Crippen LogP contribution in [0.4, 0.5) is 5.82 Å². The van der Waals surface area contributed by atoms with Gasteiger partial charge in [0.05, 0.1) is 10.9 Å². The van der Waals surface area contributed by atoms with Gasteiger partial charge in [0, 0.05) is 17.9 Å². The van der Waals surface area contributed by atoms with Gasteiger partial charge in [-0.05, 0) is 18.6 Å². The Labute approximate surface area is 159 Å². The summed E-state index contributed by atoms with van der Waals surface area (Å²) >= 11 is 0. The van der Waals surface area contributed by atoms with Crippen LogP contribution in [0.2, 0.25) is 0 Å². The lowest BCUT2D eigenvalue weighted by Gasteiger charge is -2.11. The predicted molar refractivity (Wildman–Crippen MR) is 109 cm³/mol. The summed E-state index contributed by atoms with van der Waals surface area (Å²) in [6.07, 6.45) is 0. The van der Waals surface area contributed by atoms with Gasteiger partial charge in [0.25, 0.3) is 0 Å². The van der Waals surface area contributed by atoms with Crippen LogP contribution in [0, 0.1) is 6.92 Å². The smallest absolute Gasteiger partial charge is 0.222 e. The highest BCUT2D eigenvalue weighted by atomic mass is 16.1. The maximum absolute atomic E-state index is 11.7. The Kier molecular flexibility index (Phi) is 3.55. The summed E-state index contributed by atoms with van der Waals surface area (Å²) in [5.74, 6) is 0.178. The molecule has 0 atom stereocenters. The lowest BCUT2D eigenvalue weighted by Crippen LogP contribution is -2.06. The van der Waals surface area contributed by atoms with E-state index in [1.165, 1.54) is 6.92 Å². The molecule has 0 unspecified atom stereocenters. The first-order valence-electron chi connectivity index (χ1n) is 8.89. The molecule has 0 bridgehead atoms. The molecule has 0 saturated heterocycles. The zero-order valence-electron chi connectivity index (χ0n) is 15.3. The molecule has 5 aromatic rings. The quantitative estimate of drug-likeness (QED) is 0.459. The van der Waals surface area contributed by atoms with Gasteiger partial charge >= 0.3 is 0 Å². The van der Waals surface area contributed by atoms with Gasteiger partial charge in [-0.15, -0.1) is 10.2 Å². The number of carbonyl (C=O) groups excluding carboxylic acids is 1. The highest BCUT2D eigenvalue weighted by Crippen LogP contribution is 2.38. The fourth-order valence-corrected chi connectivity index (χ4v) is 3.46. The summed E-state index contributed by atoms with van der Waals surface area (Å²) in [5, 5.41) is 20.5. The highest BCUT2D eigenvalue weighted by molar-refractivity contribution is 6.17. The molecular weight excluding hydrogens is 352 g/mol. The van der Waals surface area contributed by atoms with Gasteiger partial charge in [0.1, 0.15) is 11.0 Å². The number of aromatic nitrogens is 5. The number of nitrogens with one attached hydrogen (secondary N) is 2. The number of pyridine rings is 1. The van der Waals surface area contributed by atoms with Gasteiger partial charge in [0.15, 0.2) is 11.5 Å². The summed E-state index contributed by atoms with van der Waals surface area (Å²) in [5.41, 5.74) is 5.77. The van der Waals surface area contributed by atoms with Crippen LogP contribution in [0.3, 0.4) is 0 Å². The molecule has 0 fully saturated rings. The second kappa shape index (κ2) is 6.09. The minimum absolute atomic E-state index is 0.213. The van der Waals surface area contributed by atoms with Gasteiger partial charge in [-0.25, -0.2) is 4.98 Å². The predicted octanol–water partition coefficient (Wildman–Crippen LogP) is 3.99. The Hall–Kier alpha value is -3.87. The van der Waals surface area contributed by atoms with Crippen LogP contribution in [0.15, 0.2) is 48.5 Å². The molecule has 2 aromatic carbocycles. The maximum atomic E-state index is 11.7. The Morgan fingerprint density at radius 2 is 1.79 bits per heavy atom. The lowest BCUT2D eigenvalue weighted by molar-refractivity contribution is -0.114. The van der Waals surface area contributed by atoms with Crippen molar-refractivity contribution in [2.45, 2.75) is 13.8 Å². The number of amides is 1. The number of H-pyrrole nitrogens is 1. The number of carbonyl (C=O) groups is 1. The standard InChI is InChI=1S/C21H16N6O/c1-11-7-9-13(10-8-11)16-17-20(22-12(2)28)26-27-21(17)23-18-14-5-3-4-6-15(14)24-25-19(16)18/h3-10,24H,1-2H3,(H,22,26,28). The van der Waals surface area contributed by atoms with Crippen LogP contribution in [0.5, 0.6) is 0 Å². The summed E-state index contributed by atoms with van der Waals surface area (Å²) in [6, 6.07) is 16.0. The number of fused-ring (bicyclic) bond motifs is 4. The first kappa shape index (κ1) is 16.3. The number of rotatable bonds is 2. The second-order valence-corrected chi connectivity index (χ2v) is 6.75. The number of anilines is 1. The minimum Gasteiger partial charge on any atom is -0.309 e. The van der Waals surface area contributed by atoms with Gasteiger partial charge in [0.2, 0.25) is 5.91 Å². The molecule has 28 heavy (non-hydrogen) atoms. The summed E-state index contributed by atoms with van der Waals surface area (Å²) in [7, 11) is 0. The van der Waals surface area contributed by atoms with Crippen molar-refractivity contribution in [2.75, 3.05) is 5.32 Å². The number of hydrogen-bond donors (Lipinski definition) is 2. The van der Waals surface area contributed by atoms with Crippen LogP contribution < -0.4 is 5.32 Å². The van der Waals surface area contributed by atoms with Crippen LogP contribution in [-0.4, -0.2) is 31.3 Å². The van der Waals surface area contributed by atoms with Crippen LogP contribution in [-0.2, 0) is 4.79 Å². The molecule has 3 heterocycles. The number of hydrogen-bond acceptors (Lipinski definition) is 5. The van der Waals surface area contributed by atoms with Crippen molar-refractivity contribution in [3.05, 3.63) is 54.1 Å². The van der Waals surface area contributed by atoms with Crippen LogP contribution >= 0.6 is 0 Å². The van der Waals surface area contributed by atoms with Crippen molar-refractivity contribution in [3.63, 3.8) is 0 Å². The molecule has 0 saturated carbocycles.